The van der Waals surface area contributed by atoms with E-state index in [4.69, 9.17) is 4.74 Å². The monoisotopic (exact) mass is 326 g/mol. The molecular formula is C19H22N2O3. The average molecular weight is 326 g/mol. The molecule has 0 aliphatic heterocycles. The van der Waals surface area contributed by atoms with E-state index in [1.165, 1.54) is 5.56 Å². The molecule has 0 spiro atoms. The zero-order valence-electron chi connectivity index (χ0n) is 13.9. The van der Waals surface area contributed by atoms with Gasteiger partial charge >= 0.3 is 6.09 Å². The lowest BCUT2D eigenvalue weighted by Gasteiger charge is -2.14. The van der Waals surface area contributed by atoms with E-state index >= 15 is 0 Å². The second-order valence-corrected chi connectivity index (χ2v) is 5.63. The van der Waals surface area contributed by atoms with Crippen molar-refractivity contribution in [1.29, 1.82) is 0 Å². The highest BCUT2D eigenvalue weighted by molar-refractivity contribution is 5.85. The minimum Gasteiger partial charge on any atom is -0.445 e. The highest BCUT2D eigenvalue weighted by atomic mass is 16.5. The summed E-state index contributed by atoms with van der Waals surface area (Å²) < 4.78 is 5.09. The lowest BCUT2D eigenvalue weighted by Crippen LogP contribution is -2.44. The Morgan fingerprint density at radius 1 is 1.00 bits per heavy atom. The quantitative estimate of drug-likeness (QED) is 0.857. The van der Waals surface area contributed by atoms with Crippen LogP contribution in [0.15, 0.2) is 54.6 Å². The van der Waals surface area contributed by atoms with Gasteiger partial charge < -0.3 is 15.4 Å². The van der Waals surface area contributed by atoms with Crippen molar-refractivity contribution >= 4 is 12.0 Å². The highest BCUT2D eigenvalue weighted by Crippen LogP contribution is 2.03. The van der Waals surface area contributed by atoms with Crippen LogP contribution >= 0.6 is 0 Å². The third kappa shape index (κ3) is 5.76. The number of rotatable bonds is 6. The summed E-state index contributed by atoms with van der Waals surface area (Å²) in [5.41, 5.74) is 3.07. The number of nitrogens with one attached hydrogen (secondary N) is 2. The van der Waals surface area contributed by atoms with Crippen LogP contribution in [0.3, 0.4) is 0 Å². The third-order valence-corrected chi connectivity index (χ3v) is 3.53. The van der Waals surface area contributed by atoms with Crippen LogP contribution < -0.4 is 10.6 Å². The first-order chi connectivity index (χ1) is 11.5. The van der Waals surface area contributed by atoms with E-state index in [1.807, 2.05) is 61.5 Å². The molecule has 5 heteroatoms. The van der Waals surface area contributed by atoms with Gasteiger partial charge in [0.2, 0.25) is 5.91 Å². The maximum atomic E-state index is 12.0. The maximum Gasteiger partial charge on any atom is 0.408 e. The standard InChI is InChI=1S/C19H22N2O3/c1-14-8-10-16(11-9-14)12-20-18(22)15(2)21-19(23)24-13-17-6-4-3-5-7-17/h3-11,15H,12-13H2,1-2H3,(H,20,22)(H,21,23)/t15-/m0/s1. The van der Waals surface area contributed by atoms with E-state index in [0.717, 1.165) is 11.1 Å². The molecule has 24 heavy (non-hydrogen) atoms. The van der Waals surface area contributed by atoms with Gasteiger partial charge in [0.1, 0.15) is 12.6 Å². The van der Waals surface area contributed by atoms with E-state index in [2.05, 4.69) is 10.6 Å². The second-order valence-electron chi connectivity index (χ2n) is 5.63. The zero-order valence-corrected chi connectivity index (χ0v) is 13.9. The summed E-state index contributed by atoms with van der Waals surface area (Å²) in [6.07, 6.45) is -0.614. The van der Waals surface area contributed by atoms with Gasteiger partial charge in [-0.25, -0.2) is 4.79 Å². The van der Waals surface area contributed by atoms with Crippen molar-refractivity contribution in [3.8, 4) is 0 Å². The first kappa shape index (κ1) is 17.5. The SMILES string of the molecule is Cc1ccc(CNC(=O)[C@H](C)NC(=O)OCc2ccccc2)cc1. The smallest absolute Gasteiger partial charge is 0.408 e. The number of alkyl carbamates (subject to hydrolysis) is 1. The molecule has 0 radical (unpaired) electrons. The molecule has 0 fully saturated rings. The van der Waals surface area contributed by atoms with Gasteiger partial charge in [0.05, 0.1) is 0 Å². The number of carbonyl (C=O) groups excluding carboxylic acids is 2. The lowest BCUT2D eigenvalue weighted by molar-refractivity contribution is -0.122. The minimum atomic E-state index is -0.668. The first-order valence-electron chi connectivity index (χ1n) is 7.85. The molecule has 0 aromatic heterocycles. The predicted octanol–water partition coefficient (Wildman–Crippen LogP) is 2.93. The number of hydrogen-bond donors (Lipinski definition) is 2. The van der Waals surface area contributed by atoms with Crippen LogP contribution in [0.1, 0.15) is 23.6 Å². The summed E-state index contributed by atoms with van der Waals surface area (Å²) >= 11 is 0. The van der Waals surface area contributed by atoms with Gasteiger partial charge in [0, 0.05) is 6.54 Å². The van der Waals surface area contributed by atoms with Crippen molar-refractivity contribution in [3.63, 3.8) is 0 Å². The summed E-state index contributed by atoms with van der Waals surface area (Å²) in [7, 11) is 0. The minimum absolute atomic E-state index is 0.171. The van der Waals surface area contributed by atoms with Crippen LogP contribution in [0.2, 0.25) is 0 Å². The van der Waals surface area contributed by atoms with Gasteiger partial charge in [-0.3, -0.25) is 4.79 Å². The molecule has 2 amide bonds. The Morgan fingerprint density at radius 2 is 1.67 bits per heavy atom. The van der Waals surface area contributed by atoms with E-state index < -0.39 is 12.1 Å². The number of aryl methyl sites for hydroxylation is 1. The van der Waals surface area contributed by atoms with Crippen molar-refractivity contribution in [2.24, 2.45) is 0 Å². The molecule has 2 aromatic rings. The number of hydrogen-bond acceptors (Lipinski definition) is 3. The molecule has 1 atom stereocenters. The molecule has 0 heterocycles. The number of carbonyl (C=O) groups is 2. The third-order valence-electron chi connectivity index (χ3n) is 3.53. The fraction of sp³-hybridized carbons (Fsp3) is 0.263. The van der Waals surface area contributed by atoms with Crippen molar-refractivity contribution in [3.05, 3.63) is 71.3 Å². The molecule has 0 saturated carbocycles. The normalized spacial score (nSPS) is 11.4. The predicted molar refractivity (Wildman–Crippen MR) is 92.3 cm³/mol. The zero-order chi connectivity index (χ0) is 17.4. The van der Waals surface area contributed by atoms with Crippen molar-refractivity contribution in [1.82, 2.24) is 10.6 Å². The molecule has 2 rings (SSSR count). The average Bonchev–Trinajstić information content (AvgIpc) is 2.60. The highest BCUT2D eigenvalue weighted by Gasteiger charge is 2.16. The van der Waals surface area contributed by atoms with Gasteiger partial charge in [0.25, 0.3) is 0 Å². The molecule has 2 aromatic carbocycles. The molecule has 126 valence electrons. The molecule has 0 aliphatic carbocycles. The molecule has 0 bridgehead atoms. The van der Waals surface area contributed by atoms with Crippen molar-refractivity contribution in [2.75, 3.05) is 0 Å². The van der Waals surface area contributed by atoms with Crippen LogP contribution in [-0.4, -0.2) is 18.0 Å². The van der Waals surface area contributed by atoms with Gasteiger partial charge in [0.15, 0.2) is 0 Å². The van der Waals surface area contributed by atoms with E-state index in [9.17, 15) is 9.59 Å². The maximum absolute atomic E-state index is 12.0. The molecule has 2 N–H and O–H groups in total. The van der Waals surface area contributed by atoms with Crippen LogP contribution in [0.5, 0.6) is 0 Å². The second kappa shape index (κ2) is 8.72. The summed E-state index contributed by atoms with van der Waals surface area (Å²) in [6, 6.07) is 16.6. The fourth-order valence-corrected chi connectivity index (χ4v) is 2.06. The van der Waals surface area contributed by atoms with E-state index in [-0.39, 0.29) is 12.5 Å². The first-order valence-corrected chi connectivity index (χ1v) is 7.85. The Morgan fingerprint density at radius 3 is 2.33 bits per heavy atom. The summed E-state index contributed by atoms with van der Waals surface area (Å²) in [5, 5.41) is 5.31. The number of amides is 2. The molecule has 0 saturated heterocycles. The Hall–Kier alpha value is -2.82. The van der Waals surface area contributed by atoms with E-state index in [1.54, 1.807) is 6.92 Å². The van der Waals surface area contributed by atoms with Gasteiger partial charge in [-0.2, -0.15) is 0 Å². The topological polar surface area (TPSA) is 67.4 Å². The molecular weight excluding hydrogens is 304 g/mol. The summed E-state index contributed by atoms with van der Waals surface area (Å²) in [6.45, 7) is 4.22. The van der Waals surface area contributed by atoms with Crippen molar-refractivity contribution < 1.29 is 14.3 Å². The van der Waals surface area contributed by atoms with Gasteiger partial charge in [-0.1, -0.05) is 60.2 Å². The van der Waals surface area contributed by atoms with Crippen LogP contribution in [0.4, 0.5) is 4.79 Å². The van der Waals surface area contributed by atoms with E-state index in [0.29, 0.717) is 6.54 Å². The lowest BCUT2D eigenvalue weighted by atomic mass is 10.1. The Labute approximate surface area is 142 Å². The van der Waals surface area contributed by atoms with Gasteiger partial charge in [-0.15, -0.1) is 0 Å². The molecule has 0 aliphatic rings. The Bertz CT molecular complexity index is 669. The Kier molecular flexibility index (Phi) is 6.37. The van der Waals surface area contributed by atoms with Crippen molar-refractivity contribution in [2.45, 2.75) is 33.0 Å². The molecule has 0 unspecified atom stereocenters. The number of benzene rings is 2. The van der Waals surface area contributed by atoms with Crippen LogP contribution in [-0.2, 0) is 22.7 Å². The fourth-order valence-electron chi connectivity index (χ4n) is 2.06. The van der Waals surface area contributed by atoms with Crippen LogP contribution in [0.25, 0.3) is 0 Å². The summed E-state index contributed by atoms with van der Waals surface area (Å²) in [4.78, 5) is 23.7. The number of ether oxygens (including phenoxy) is 1. The largest absolute Gasteiger partial charge is 0.445 e. The summed E-state index contributed by atoms with van der Waals surface area (Å²) in [5.74, 6) is -0.257. The van der Waals surface area contributed by atoms with Crippen LogP contribution in [0, 0.1) is 6.92 Å². The van der Waals surface area contributed by atoms with Gasteiger partial charge in [-0.05, 0) is 25.0 Å². The molecule has 5 nitrogen and oxygen atoms in total. The Balaban J connectivity index is 1.72.